The van der Waals surface area contributed by atoms with Crippen LogP contribution in [0.2, 0.25) is 0 Å². The molecule has 2 aliphatic heterocycles. The number of pyridine rings is 1. The lowest BCUT2D eigenvalue weighted by Gasteiger charge is -2.38. The molecule has 2 aliphatic rings. The molecular weight excluding hydrogens is 350 g/mol. The highest BCUT2D eigenvalue weighted by molar-refractivity contribution is 5.90. The second-order valence-electron chi connectivity index (χ2n) is 7.18. The zero-order valence-corrected chi connectivity index (χ0v) is 15.5. The number of piperazine rings is 1. The monoisotopic (exact) mass is 372 g/mol. The number of hydrogen-bond donors (Lipinski definition) is 0. The Bertz CT molecular complexity index is 952. The summed E-state index contributed by atoms with van der Waals surface area (Å²) in [4.78, 5) is 20.9. The lowest BCUT2D eigenvalue weighted by Crippen LogP contribution is -2.50. The number of amides is 1. The molecule has 0 unspecified atom stereocenters. The van der Waals surface area contributed by atoms with E-state index in [0.29, 0.717) is 0 Å². The normalized spacial score (nSPS) is 16.1. The first-order valence-corrected chi connectivity index (χ1v) is 9.67. The minimum absolute atomic E-state index is 0.157. The molecule has 0 bridgehead atoms. The molecule has 1 fully saturated rings. The third-order valence-electron chi connectivity index (χ3n) is 5.58. The number of aromatic amines is 1. The maximum absolute atomic E-state index is 13.6. The number of hydrogen-bond acceptors (Lipinski definition) is 3. The van der Waals surface area contributed by atoms with Gasteiger partial charge in [0.25, 0.3) is 0 Å². The smallest absolute Gasteiger partial charge is 0.234 e. The van der Waals surface area contributed by atoms with Gasteiger partial charge in [-0.15, -0.1) is 0 Å². The van der Waals surface area contributed by atoms with E-state index in [0.717, 1.165) is 48.8 Å². The molecule has 28 heavy (non-hydrogen) atoms. The molecule has 0 saturated carbocycles. The number of carbonyl (C=O) groups excluding carboxylic acids is 1. The van der Waals surface area contributed by atoms with Crippen LogP contribution < -0.4 is 14.6 Å². The number of carbonyl (C=O) groups is 1. The third kappa shape index (κ3) is 2.89. The largest absolute Gasteiger partial charge is 0.457 e. The molecule has 1 aromatic heterocycles. The van der Waals surface area contributed by atoms with Gasteiger partial charge in [0.05, 0.1) is 5.92 Å². The van der Waals surface area contributed by atoms with Gasteiger partial charge in [-0.25, -0.2) is 4.98 Å². The Morgan fingerprint density at radius 1 is 0.821 bits per heavy atom. The van der Waals surface area contributed by atoms with Crippen molar-refractivity contribution >= 4 is 11.6 Å². The summed E-state index contributed by atoms with van der Waals surface area (Å²) in [7, 11) is 0. The number of aromatic nitrogens is 1. The summed E-state index contributed by atoms with van der Waals surface area (Å²) in [5, 5.41) is 0. The molecule has 5 rings (SSSR count). The fourth-order valence-corrected chi connectivity index (χ4v) is 4.13. The molecule has 5 nitrogen and oxygen atoms in total. The second-order valence-corrected chi connectivity index (χ2v) is 7.18. The van der Waals surface area contributed by atoms with Crippen molar-refractivity contribution in [3.05, 3.63) is 84.2 Å². The molecule has 3 heterocycles. The van der Waals surface area contributed by atoms with E-state index in [2.05, 4.69) is 22.0 Å². The Balaban J connectivity index is 1.40. The minimum Gasteiger partial charge on any atom is -0.457 e. The topological polar surface area (TPSA) is 46.9 Å². The molecule has 5 heteroatoms. The number of nitrogens with zero attached hydrogens (tertiary/aromatic N) is 2. The van der Waals surface area contributed by atoms with E-state index in [1.54, 1.807) is 0 Å². The summed E-state index contributed by atoms with van der Waals surface area (Å²) >= 11 is 0. The summed E-state index contributed by atoms with van der Waals surface area (Å²) < 4.78 is 6.04. The van der Waals surface area contributed by atoms with Gasteiger partial charge >= 0.3 is 0 Å². The van der Waals surface area contributed by atoms with Gasteiger partial charge in [-0.05, 0) is 12.1 Å². The molecule has 0 atom stereocenters. The number of rotatable bonds is 2. The van der Waals surface area contributed by atoms with Crippen molar-refractivity contribution in [3.63, 3.8) is 0 Å². The van der Waals surface area contributed by atoms with Crippen LogP contribution in [0.3, 0.4) is 0 Å². The number of fused-ring (bicyclic) bond motifs is 2. The van der Waals surface area contributed by atoms with Crippen LogP contribution in [0, 0.1) is 0 Å². The summed E-state index contributed by atoms with van der Waals surface area (Å²) in [6.07, 6.45) is 3.87. The lowest BCUT2D eigenvalue weighted by molar-refractivity contribution is -0.377. The van der Waals surface area contributed by atoms with Crippen molar-refractivity contribution < 1.29 is 14.5 Å². The Hall–Kier alpha value is -3.34. The molecule has 0 spiro atoms. The molecule has 1 N–H and O–H groups in total. The maximum atomic E-state index is 13.6. The van der Waals surface area contributed by atoms with Gasteiger partial charge in [0.2, 0.25) is 5.91 Å². The number of para-hydroxylation sites is 2. The molecule has 0 radical (unpaired) electrons. The van der Waals surface area contributed by atoms with Crippen LogP contribution in [-0.4, -0.2) is 37.0 Å². The first-order valence-electron chi connectivity index (χ1n) is 9.67. The number of anilines is 1. The zero-order valence-electron chi connectivity index (χ0n) is 15.5. The predicted molar refractivity (Wildman–Crippen MR) is 107 cm³/mol. The van der Waals surface area contributed by atoms with Crippen molar-refractivity contribution in [2.75, 3.05) is 31.1 Å². The van der Waals surface area contributed by atoms with Crippen molar-refractivity contribution in [2.45, 2.75) is 5.92 Å². The first-order chi connectivity index (χ1) is 13.8. The Kier molecular flexibility index (Phi) is 4.20. The Morgan fingerprint density at radius 3 is 2.00 bits per heavy atom. The van der Waals surface area contributed by atoms with Gasteiger partial charge in [0, 0.05) is 55.1 Å². The average Bonchev–Trinajstić information content (AvgIpc) is 2.77. The number of H-pyrrole nitrogens is 1. The van der Waals surface area contributed by atoms with Crippen molar-refractivity contribution in [3.8, 4) is 11.5 Å². The van der Waals surface area contributed by atoms with E-state index in [1.807, 2.05) is 65.8 Å². The van der Waals surface area contributed by atoms with E-state index in [9.17, 15) is 4.79 Å². The van der Waals surface area contributed by atoms with Crippen LogP contribution >= 0.6 is 0 Å². The van der Waals surface area contributed by atoms with Gasteiger partial charge in [0.15, 0.2) is 12.4 Å². The van der Waals surface area contributed by atoms with Gasteiger partial charge < -0.3 is 14.5 Å². The van der Waals surface area contributed by atoms with E-state index in [-0.39, 0.29) is 11.8 Å². The van der Waals surface area contributed by atoms with Crippen molar-refractivity contribution in [1.29, 1.82) is 0 Å². The molecule has 140 valence electrons. The van der Waals surface area contributed by atoms with Gasteiger partial charge in [-0.2, -0.15) is 0 Å². The van der Waals surface area contributed by atoms with Crippen molar-refractivity contribution in [1.82, 2.24) is 4.90 Å². The van der Waals surface area contributed by atoms with Crippen LogP contribution in [0.4, 0.5) is 5.69 Å². The van der Waals surface area contributed by atoms with Crippen LogP contribution in [0.25, 0.3) is 0 Å². The number of ether oxygens (including phenoxy) is 1. The van der Waals surface area contributed by atoms with Crippen LogP contribution in [0.5, 0.6) is 11.5 Å². The lowest BCUT2D eigenvalue weighted by atomic mass is 9.86. The minimum atomic E-state index is -0.306. The molecular formula is C23H22N3O2+. The van der Waals surface area contributed by atoms with E-state index in [1.165, 1.54) is 5.69 Å². The first kappa shape index (κ1) is 16.8. The second kappa shape index (κ2) is 7.00. The molecule has 0 aliphatic carbocycles. The predicted octanol–water partition coefficient (Wildman–Crippen LogP) is 3.09. The van der Waals surface area contributed by atoms with E-state index < -0.39 is 0 Å². The Morgan fingerprint density at radius 2 is 1.39 bits per heavy atom. The summed E-state index contributed by atoms with van der Waals surface area (Å²) in [6, 6.07) is 19.9. The van der Waals surface area contributed by atoms with Gasteiger partial charge in [0.1, 0.15) is 11.5 Å². The molecule has 1 saturated heterocycles. The van der Waals surface area contributed by atoms with E-state index in [4.69, 9.17) is 4.74 Å². The fraction of sp³-hybridized carbons (Fsp3) is 0.217. The SMILES string of the molecule is O=C(C1c2ccccc2Oc2ccccc21)N1CCN(c2cc[nH+]cc2)CC1. The van der Waals surface area contributed by atoms with Crippen LogP contribution in [0.1, 0.15) is 17.0 Å². The van der Waals surface area contributed by atoms with Crippen molar-refractivity contribution in [2.24, 2.45) is 0 Å². The summed E-state index contributed by atoms with van der Waals surface area (Å²) in [5.74, 6) is 1.40. The van der Waals surface area contributed by atoms with Gasteiger partial charge in [-0.1, -0.05) is 36.4 Å². The summed E-state index contributed by atoms with van der Waals surface area (Å²) in [5.41, 5.74) is 3.09. The molecule has 3 aromatic rings. The van der Waals surface area contributed by atoms with Crippen LogP contribution in [0.15, 0.2) is 73.1 Å². The fourth-order valence-electron chi connectivity index (χ4n) is 4.13. The van der Waals surface area contributed by atoms with Crippen LogP contribution in [-0.2, 0) is 4.79 Å². The highest BCUT2D eigenvalue weighted by atomic mass is 16.5. The standard InChI is InChI=1S/C23H21N3O2/c27-23(26-15-13-25(14-16-26)17-9-11-24-12-10-17)22-18-5-1-3-7-20(18)28-21-8-4-2-6-19(21)22/h1-12,22H,13-16H2/p+1. The average molecular weight is 372 g/mol. The maximum Gasteiger partial charge on any atom is 0.234 e. The number of benzene rings is 2. The molecule has 2 aromatic carbocycles. The van der Waals surface area contributed by atoms with E-state index >= 15 is 0 Å². The highest BCUT2D eigenvalue weighted by Crippen LogP contribution is 2.44. The Labute approximate surface area is 164 Å². The van der Waals surface area contributed by atoms with Gasteiger partial charge in [-0.3, -0.25) is 4.79 Å². The zero-order chi connectivity index (χ0) is 18.9. The highest BCUT2D eigenvalue weighted by Gasteiger charge is 2.36. The quantitative estimate of drug-likeness (QED) is 0.695. The third-order valence-corrected chi connectivity index (χ3v) is 5.58. The molecule has 1 amide bonds. The summed E-state index contributed by atoms with van der Waals surface area (Å²) in [6.45, 7) is 3.11. The number of nitrogens with one attached hydrogen (secondary N) is 1.